The van der Waals surface area contributed by atoms with Gasteiger partial charge in [0.15, 0.2) is 0 Å². The smallest absolute Gasteiger partial charge is 0.283 e. The highest BCUT2D eigenvalue weighted by molar-refractivity contribution is 4.52. The number of nitriles is 3. The monoisotopic (exact) mass is 255 g/mol. The van der Waals surface area contributed by atoms with Crippen molar-refractivity contribution >= 4 is 0 Å². The highest BCUT2D eigenvalue weighted by atomic mass is 16.2. The first-order chi connectivity index (χ1) is 8.49. The van der Waals surface area contributed by atoms with Gasteiger partial charge in [-0.15, -0.1) is 19.7 Å². The van der Waals surface area contributed by atoms with E-state index in [1.54, 1.807) is 18.2 Å². The Morgan fingerprint density at radius 1 is 0.667 bits per heavy atom. The number of allylic oxidation sites excluding steroid dienone is 3. The Kier molecular flexibility index (Phi) is 509. The van der Waals surface area contributed by atoms with Crippen LogP contribution in [0.25, 0.3) is 0 Å². The van der Waals surface area contributed by atoms with E-state index in [2.05, 4.69) is 19.7 Å². The standard InChI is InChI=1S/3C3H6.3CHNO/c3*1-3-2;3*2-1-3/h3*3H,1H2,2H3;3*3H. The third-order valence-corrected chi connectivity index (χ3v) is 0. The lowest BCUT2D eigenvalue weighted by Gasteiger charge is -1.31. The zero-order valence-corrected chi connectivity index (χ0v) is 11.0. The van der Waals surface area contributed by atoms with Crippen LogP contribution in [0.4, 0.5) is 0 Å². The van der Waals surface area contributed by atoms with Gasteiger partial charge in [-0.25, -0.2) is 0 Å². The molecule has 0 bridgehead atoms. The predicted octanol–water partition coefficient (Wildman–Crippen LogP) is 3.10. The Morgan fingerprint density at radius 3 is 0.667 bits per heavy atom. The molecule has 0 heterocycles. The third kappa shape index (κ3) is 226. The largest absolute Gasteiger partial charge is 0.443 e. The third-order valence-electron chi connectivity index (χ3n) is 0. The lowest BCUT2D eigenvalue weighted by Crippen LogP contribution is -1.27. The van der Waals surface area contributed by atoms with Crippen molar-refractivity contribution in [2.75, 3.05) is 0 Å². The first-order valence-corrected chi connectivity index (χ1v) is 4.30. The average Bonchev–Trinajstić information content (AvgIpc) is 2.23. The number of aliphatic hydroxyl groups is 3. The lowest BCUT2D eigenvalue weighted by atomic mass is 10.8. The van der Waals surface area contributed by atoms with Crippen LogP contribution in [0.15, 0.2) is 38.0 Å². The van der Waals surface area contributed by atoms with E-state index in [4.69, 9.17) is 31.1 Å². The number of rotatable bonds is 0. The van der Waals surface area contributed by atoms with Crippen molar-refractivity contribution in [3.8, 4) is 18.8 Å². The topological polar surface area (TPSA) is 132 Å². The van der Waals surface area contributed by atoms with E-state index in [0.29, 0.717) is 0 Å². The minimum Gasteiger partial charge on any atom is -0.443 e. The summed E-state index contributed by atoms with van der Waals surface area (Å²) in [5.41, 5.74) is 0. The average molecular weight is 255 g/mol. The first-order valence-electron chi connectivity index (χ1n) is 4.30. The van der Waals surface area contributed by atoms with E-state index in [-0.39, 0.29) is 0 Å². The van der Waals surface area contributed by atoms with Crippen molar-refractivity contribution in [2.24, 2.45) is 0 Å². The van der Waals surface area contributed by atoms with Crippen molar-refractivity contribution in [2.45, 2.75) is 20.8 Å². The molecule has 0 saturated heterocycles. The van der Waals surface area contributed by atoms with E-state index >= 15 is 0 Å². The number of hydrogen-bond acceptors (Lipinski definition) is 6. The summed E-state index contributed by atoms with van der Waals surface area (Å²) >= 11 is 0. The Balaban J connectivity index is -0.0000000240. The lowest BCUT2D eigenvalue weighted by molar-refractivity contribution is 0.502. The maximum Gasteiger partial charge on any atom is 0.283 e. The molecule has 0 aromatic carbocycles. The summed E-state index contributed by atoms with van der Waals surface area (Å²) in [7, 11) is 0. The Morgan fingerprint density at radius 2 is 0.667 bits per heavy atom. The van der Waals surface area contributed by atoms with E-state index in [1.807, 2.05) is 20.8 Å². The second-order valence-corrected chi connectivity index (χ2v) is 1.52. The van der Waals surface area contributed by atoms with Crippen LogP contribution in [0, 0.1) is 34.6 Å². The predicted molar refractivity (Wildman–Crippen MR) is 70.3 cm³/mol. The Labute approximate surface area is 109 Å². The van der Waals surface area contributed by atoms with Crippen molar-refractivity contribution < 1.29 is 15.3 Å². The molecule has 0 saturated carbocycles. The van der Waals surface area contributed by atoms with Crippen molar-refractivity contribution in [1.82, 2.24) is 0 Å². The van der Waals surface area contributed by atoms with Crippen LogP contribution in [0.2, 0.25) is 0 Å². The molecule has 18 heavy (non-hydrogen) atoms. The van der Waals surface area contributed by atoms with Crippen molar-refractivity contribution in [3.05, 3.63) is 38.0 Å². The molecule has 0 aromatic heterocycles. The summed E-state index contributed by atoms with van der Waals surface area (Å²) in [5.74, 6) is 0. The highest BCUT2D eigenvalue weighted by Crippen LogP contribution is 1.38. The molecule has 0 radical (unpaired) electrons. The summed E-state index contributed by atoms with van der Waals surface area (Å²) < 4.78 is 0. The quantitative estimate of drug-likeness (QED) is 0.450. The van der Waals surface area contributed by atoms with Crippen LogP contribution in [0.3, 0.4) is 0 Å². The fraction of sp³-hybridized carbons (Fsp3) is 0.250. The summed E-state index contributed by atoms with van der Waals surface area (Å²) in [4.78, 5) is 0. The van der Waals surface area contributed by atoms with E-state index < -0.39 is 0 Å². The van der Waals surface area contributed by atoms with E-state index in [1.165, 1.54) is 0 Å². The van der Waals surface area contributed by atoms with Crippen molar-refractivity contribution in [3.63, 3.8) is 0 Å². The van der Waals surface area contributed by atoms with Gasteiger partial charge in [0.05, 0.1) is 0 Å². The normalized spacial score (nSPS) is 3.33. The Bertz CT molecular complexity index is 202. The summed E-state index contributed by atoms with van der Waals surface area (Å²) in [6, 6.07) is 0. The fourth-order valence-electron chi connectivity index (χ4n) is 0. The summed E-state index contributed by atoms with van der Waals surface area (Å²) in [5, 5.41) is 41.2. The maximum absolute atomic E-state index is 6.88. The fourth-order valence-corrected chi connectivity index (χ4v) is 0. The molecule has 0 aromatic rings. The van der Waals surface area contributed by atoms with Gasteiger partial charge in [0, 0.05) is 0 Å². The molecule has 0 fully saturated rings. The van der Waals surface area contributed by atoms with Gasteiger partial charge in [-0.2, -0.15) is 15.8 Å². The van der Waals surface area contributed by atoms with Gasteiger partial charge in [0.25, 0.3) is 18.8 Å². The molecular weight excluding hydrogens is 234 g/mol. The molecule has 0 rings (SSSR count). The minimum absolute atomic E-state index is 0.750. The number of nitrogens with zero attached hydrogens (tertiary/aromatic N) is 3. The van der Waals surface area contributed by atoms with Crippen LogP contribution < -0.4 is 0 Å². The molecule has 0 aliphatic rings. The molecule has 0 aliphatic heterocycles. The number of aliphatic hydroxyl groups excluding tert-OH is 3. The second kappa shape index (κ2) is 253. The molecule has 0 aliphatic carbocycles. The van der Waals surface area contributed by atoms with Gasteiger partial charge in [0.1, 0.15) is 0 Å². The molecule has 0 atom stereocenters. The van der Waals surface area contributed by atoms with Gasteiger partial charge < -0.3 is 15.3 Å². The van der Waals surface area contributed by atoms with Crippen molar-refractivity contribution in [1.29, 1.82) is 15.8 Å². The van der Waals surface area contributed by atoms with Gasteiger partial charge in [-0.3, -0.25) is 0 Å². The van der Waals surface area contributed by atoms with Gasteiger partial charge in [0.2, 0.25) is 0 Å². The van der Waals surface area contributed by atoms with E-state index in [0.717, 1.165) is 18.8 Å². The second-order valence-electron chi connectivity index (χ2n) is 1.52. The van der Waals surface area contributed by atoms with Crippen LogP contribution in [-0.4, -0.2) is 15.3 Å². The molecular formula is C12H21N3O3. The van der Waals surface area contributed by atoms with Gasteiger partial charge in [-0.05, 0) is 20.8 Å². The Hall–Kier alpha value is -2.91. The van der Waals surface area contributed by atoms with Crippen LogP contribution >= 0.6 is 0 Å². The highest BCUT2D eigenvalue weighted by Gasteiger charge is 1.17. The minimum atomic E-state index is 0.750. The van der Waals surface area contributed by atoms with Gasteiger partial charge >= 0.3 is 0 Å². The molecule has 6 nitrogen and oxygen atoms in total. The molecule has 3 N–H and O–H groups in total. The zero-order valence-electron chi connectivity index (χ0n) is 11.0. The maximum atomic E-state index is 6.88. The SMILES string of the molecule is C=CC.C=CC.C=CC.N#CO.N#CO.N#CO. The van der Waals surface area contributed by atoms with Crippen LogP contribution in [0.1, 0.15) is 20.8 Å². The number of hydrogen-bond donors (Lipinski definition) is 3. The summed E-state index contributed by atoms with van der Waals surface area (Å²) in [6.07, 6.45) is 7.50. The molecule has 0 unspecified atom stereocenters. The molecule has 102 valence electrons. The van der Waals surface area contributed by atoms with Gasteiger partial charge in [-0.1, -0.05) is 18.2 Å². The molecule has 6 heteroatoms. The van der Waals surface area contributed by atoms with Crippen LogP contribution in [-0.2, 0) is 0 Å². The molecule has 0 spiro atoms. The first kappa shape index (κ1) is 36.3. The zero-order chi connectivity index (χ0) is 16.2. The van der Waals surface area contributed by atoms with E-state index in [9.17, 15) is 0 Å². The molecule has 0 amide bonds. The van der Waals surface area contributed by atoms with Crippen LogP contribution in [0.5, 0.6) is 0 Å². The summed E-state index contributed by atoms with van der Waals surface area (Å²) in [6.45, 7) is 15.8.